The summed E-state index contributed by atoms with van der Waals surface area (Å²) in [5.74, 6) is 0.730. The number of furan rings is 1. The molecular formula is C23H18N4O5S. The maximum Gasteiger partial charge on any atom is 0.280 e. The van der Waals surface area contributed by atoms with Crippen molar-refractivity contribution in [2.24, 2.45) is 0 Å². The lowest BCUT2D eigenvalue weighted by Gasteiger charge is -2.29. The Morgan fingerprint density at radius 2 is 1.91 bits per heavy atom. The van der Waals surface area contributed by atoms with E-state index in [4.69, 9.17) is 13.9 Å². The van der Waals surface area contributed by atoms with Gasteiger partial charge in [0.2, 0.25) is 6.79 Å². The molecule has 1 N–H and O–H groups in total. The number of benzene rings is 2. The lowest BCUT2D eigenvalue weighted by molar-refractivity contribution is -0.123. The standard InChI is InChI=1S/C23H18N4O5S/c28-22(24-12-15-8-9-18-20(11-15)32-14-31-18)21(19-7-4-10-30-19)27(16-5-2-1-3-6-16)23(29)17-13-33-26-25-17/h1-11,13,21H,12,14H2,(H,24,28)/t21-/m0/s1. The Hall–Kier alpha value is -4.18. The molecule has 0 fully saturated rings. The Labute approximate surface area is 192 Å². The fourth-order valence-corrected chi connectivity index (χ4v) is 3.94. The quantitative estimate of drug-likeness (QED) is 0.447. The molecule has 33 heavy (non-hydrogen) atoms. The van der Waals surface area contributed by atoms with Crippen molar-refractivity contribution in [2.75, 3.05) is 11.7 Å². The number of carbonyl (C=O) groups excluding carboxylic acids is 2. The van der Waals surface area contributed by atoms with Crippen LogP contribution in [0.25, 0.3) is 0 Å². The molecule has 5 rings (SSSR count). The van der Waals surface area contributed by atoms with E-state index in [9.17, 15) is 9.59 Å². The van der Waals surface area contributed by atoms with Gasteiger partial charge in [0.05, 0.1) is 6.26 Å². The van der Waals surface area contributed by atoms with Crippen LogP contribution in [-0.2, 0) is 11.3 Å². The van der Waals surface area contributed by atoms with Crippen LogP contribution in [0.5, 0.6) is 11.5 Å². The van der Waals surface area contributed by atoms with E-state index in [0.717, 1.165) is 17.1 Å². The minimum absolute atomic E-state index is 0.143. The van der Waals surface area contributed by atoms with Crippen molar-refractivity contribution in [3.8, 4) is 11.5 Å². The first-order valence-electron chi connectivity index (χ1n) is 10.1. The molecule has 0 spiro atoms. The van der Waals surface area contributed by atoms with Gasteiger partial charge in [-0.3, -0.25) is 14.5 Å². The number of rotatable bonds is 7. The predicted octanol–water partition coefficient (Wildman–Crippen LogP) is 3.56. The van der Waals surface area contributed by atoms with Crippen LogP contribution in [0, 0.1) is 0 Å². The van der Waals surface area contributed by atoms with E-state index in [1.165, 1.54) is 11.2 Å². The van der Waals surface area contributed by atoms with Gasteiger partial charge >= 0.3 is 0 Å². The molecule has 2 amide bonds. The summed E-state index contributed by atoms with van der Waals surface area (Å²) in [6.45, 7) is 0.396. The minimum atomic E-state index is -1.06. The number of fused-ring (bicyclic) bond motifs is 1. The first kappa shape index (κ1) is 20.7. The van der Waals surface area contributed by atoms with Gasteiger partial charge < -0.3 is 19.2 Å². The third kappa shape index (κ3) is 4.28. The number of carbonyl (C=O) groups is 2. The van der Waals surface area contributed by atoms with Gasteiger partial charge in [0.15, 0.2) is 23.2 Å². The molecule has 3 heterocycles. The molecule has 2 aromatic carbocycles. The fourth-order valence-electron chi connectivity index (χ4n) is 3.51. The van der Waals surface area contributed by atoms with Crippen LogP contribution in [-0.4, -0.2) is 28.2 Å². The molecule has 0 bridgehead atoms. The predicted molar refractivity (Wildman–Crippen MR) is 119 cm³/mol. The first-order chi connectivity index (χ1) is 16.2. The van der Waals surface area contributed by atoms with Crippen LogP contribution < -0.4 is 19.7 Å². The van der Waals surface area contributed by atoms with Crippen molar-refractivity contribution in [2.45, 2.75) is 12.6 Å². The van der Waals surface area contributed by atoms with Crippen molar-refractivity contribution in [1.82, 2.24) is 14.9 Å². The molecule has 1 aliphatic heterocycles. The molecule has 9 nitrogen and oxygen atoms in total. The number of ether oxygens (including phenoxy) is 2. The lowest BCUT2D eigenvalue weighted by Crippen LogP contribution is -2.44. The molecule has 166 valence electrons. The van der Waals surface area contributed by atoms with Gasteiger partial charge in [0.25, 0.3) is 11.8 Å². The fraction of sp³-hybridized carbons (Fsp3) is 0.130. The zero-order valence-electron chi connectivity index (χ0n) is 17.2. The van der Waals surface area contributed by atoms with E-state index in [-0.39, 0.29) is 19.0 Å². The summed E-state index contributed by atoms with van der Waals surface area (Å²) in [6, 6.07) is 16.6. The maximum absolute atomic E-state index is 13.5. The van der Waals surface area contributed by atoms with Crippen molar-refractivity contribution >= 4 is 29.0 Å². The Morgan fingerprint density at radius 3 is 2.67 bits per heavy atom. The highest BCUT2D eigenvalue weighted by molar-refractivity contribution is 7.03. The highest BCUT2D eigenvalue weighted by Gasteiger charge is 2.36. The second kappa shape index (κ2) is 9.13. The smallest absolute Gasteiger partial charge is 0.280 e. The van der Waals surface area contributed by atoms with Gasteiger partial charge in [0, 0.05) is 17.6 Å². The van der Waals surface area contributed by atoms with Crippen LogP contribution in [0.1, 0.15) is 27.9 Å². The molecule has 0 unspecified atom stereocenters. The van der Waals surface area contributed by atoms with Crippen molar-refractivity contribution in [3.63, 3.8) is 0 Å². The third-order valence-electron chi connectivity index (χ3n) is 5.06. The van der Waals surface area contributed by atoms with Crippen LogP contribution >= 0.6 is 11.5 Å². The van der Waals surface area contributed by atoms with E-state index in [2.05, 4.69) is 14.9 Å². The SMILES string of the molecule is O=C(NCc1ccc2c(c1)OCO2)[C@H](c1ccco1)N(C(=O)c1csnn1)c1ccccc1. The van der Waals surface area contributed by atoms with Gasteiger partial charge in [0.1, 0.15) is 5.76 Å². The molecule has 1 aliphatic rings. The summed E-state index contributed by atoms with van der Waals surface area (Å²) in [5, 5.41) is 8.35. The number of nitrogens with one attached hydrogen (secondary N) is 1. The minimum Gasteiger partial charge on any atom is -0.467 e. The zero-order chi connectivity index (χ0) is 22.6. The molecule has 4 aromatic rings. The van der Waals surface area contributed by atoms with Gasteiger partial charge in [-0.15, -0.1) is 5.10 Å². The largest absolute Gasteiger partial charge is 0.467 e. The summed E-state index contributed by atoms with van der Waals surface area (Å²) < 4.78 is 20.1. The van der Waals surface area contributed by atoms with Gasteiger partial charge in [-0.1, -0.05) is 28.8 Å². The summed E-state index contributed by atoms with van der Waals surface area (Å²) in [6.07, 6.45) is 1.46. The second-order valence-electron chi connectivity index (χ2n) is 7.12. The van der Waals surface area contributed by atoms with E-state index < -0.39 is 17.9 Å². The first-order valence-corrected chi connectivity index (χ1v) is 10.9. The number of amides is 2. The normalized spacial score (nSPS) is 12.8. The number of hydrogen-bond donors (Lipinski definition) is 1. The molecule has 0 saturated carbocycles. The van der Waals surface area contributed by atoms with Crippen molar-refractivity contribution in [1.29, 1.82) is 0 Å². The maximum atomic E-state index is 13.5. The Kier molecular flexibility index (Phi) is 5.73. The number of anilines is 1. The summed E-state index contributed by atoms with van der Waals surface area (Å²) in [7, 11) is 0. The second-order valence-corrected chi connectivity index (χ2v) is 7.73. The number of aromatic nitrogens is 2. The van der Waals surface area contributed by atoms with E-state index in [1.807, 2.05) is 18.2 Å². The molecule has 2 aromatic heterocycles. The summed E-state index contributed by atoms with van der Waals surface area (Å²) in [5.41, 5.74) is 1.49. The summed E-state index contributed by atoms with van der Waals surface area (Å²) >= 11 is 1.06. The molecular weight excluding hydrogens is 444 g/mol. The number of nitrogens with zero attached hydrogens (tertiary/aromatic N) is 3. The highest BCUT2D eigenvalue weighted by atomic mass is 32.1. The van der Waals surface area contributed by atoms with E-state index >= 15 is 0 Å². The van der Waals surface area contributed by atoms with Crippen LogP contribution in [0.3, 0.4) is 0 Å². The highest BCUT2D eigenvalue weighted by Crippen LogP contribution is 2.33. The Morgan fingerprint density at radius 1 is 1.06 bits per heavy atom. The lowest BCUT2D eigenvalue weighted by atomic mass is 10.1. The zero-order valence-corrected chi connectivity index (χ0v) is 18.0. The topological polar surface area (TPSA) is 107 Å². The average molecular weight is 462 g/mol. The molecule has 0 radical (unpaired) electrons. The average Bonchev–Trinajstić information content (AvgIpc) is 3.63. The van der Waals surface area contributed by atoms with E-state index in [0.29, 0.717) is 22.9 Å². The third-order valence-corrected chi connectivity index (χ3v) is 5.56. The number of para-hydroxylation sites is 1. The van der Waals surface area contributed by atoms with E-state index in [1.54, 1.807) is 47.8 Å². The van der Waals surface area contributed by atoms with Gasteiger partial charge in [-0.2, -0.15) is 0 Å². The van der Waals surface area contributed by atoms with Gasteiger partial charge in [-0.25, -0.2) is 0 Å². The van der Waals surface area contributed by atoms with Crippen LogP contribution in [0.15, 0.2) is 76.7 Å². The Bertz CT molecular complexity index is 1250. The molecule has 0 aliphatic carbocycles. The molecule has 10 heteroatoms. The molecule has 1 atom stereocenters. The monoisotopic (exact) mass is 462 g/mol. The molecule has 0 saturated heterocycles. The Balaban J connectivity index is 1.46. The van der Waals surface area contributed by atoms with Crippen LogP contribution in [0.4, 0.5) is 5.69 Å². The van der Waals surface area contributed by atoms with Crippen molar-refractivity contribution in [3.05, 3.63) is 89.3 Å². The van der Waals surface area contributed by atoms with Gasteiger partial charge in [-0.05, 0) is 53.5 Å². The number of hydrogen-bond acceptors (Lipinski definition) is 8. The van der Waals surface area contributed by atoms with Crippen molar-refractivity contribution < 1.29 is 23.5 Å². The summed E-state index contributed by atoms with van der Waals surface area (Å²) in [4.78, 5) is 28.3. The van der Waals surface area contributed by atoms with Crippen LogP contribution in [0.2, 0.25) is 0 Å².